The lowest BCUT2D eigenvalue weighted by molar-refractivity contribution is -0.265. The molecule has 0 aromatic heterocycles. The zero-order chi connectivity index (χ0) is 55.6. The highest BCUT2D eigenvalue weighted by atomic mass is 31.2. The van der Waals surface area contributed by atoms with Crippen LogP contribution in [0.5, 0.6) is 0 Å². The molecule has 3 aliphatic heterocycles. The molecule has 16 atom stereocenters. The lowest BCUT2D eigenvalue weighted by atomic mass is 9.78. The van der Waals surface area contributed by atoms with Gasteiger partial charge in [0.1, 0.15) is 18.2 Å². The molecule has 19 heteroatoms. The van der Waals surface area contributed by atoms with Crippen LogP contribution in [0.2, 0.25) is 0 Å². The largest absolute Gasteiger partial charge is 0.460 e. The van der Waals surface area contributed by atoms with E-state index in [9.17, 15) is 38.8 Å². The van der Waals surface area contributed by atoms with Crippen LogP contribution in [0.4, 0.5) is 0 Å². The van der Waals surface area contributed by atoms with Crippen molar-refractivity contribution in [3.63, 3.8) is 0 Å². The highest BCUT2D eigenvalue weighted by Crippen LogP contribution is 2.48. The highest BCUT2D eigenvalue weighted by molar-refractivity contribution is 7.53. The van der Waals surface area contributed by atoms with Gasteiger partial charge in [0.05, 0.1) is 56.9 Å². The minimum atomic E-state index is -3.51. The first-order valence-electron chi connectivity index (χ1n) is 27.1. The van der Waals surface area contributed by atoms with Gasteiger partial charge < -0.3 is 57.7 Å². The molecule has 2 bridgehead atoms. The number of ether oxygens (including phenoxy) is 6. The molecule has 0 aromatic carbocycles. The number of Topliss-reactive ketones (excluding diaryl/α,β-unsaturated/α-hetero) is 3. The summed E-state index contributed by atoms with van der Waals surface area (Å²) in [5.74, 6) is -8.44. The standard InChI is InChI=1S/C56H90NO17P/c1-35-17-13-12-14-18-36(2)47(67-8)33-43-22-20-41(7)56(65,73-43)53(62)54(63)57-24-16-15-19-44(57)55(64)72-48(34-45(59)37(3)30-40(6)51(61)52(69-10)50(60)39(5)29-35)38(4)31-42-21-23-46(49(32-42)68-9)74-75(11,66)71-28-27-70-26-25-58/h12-14,17-18,30,35,38-44,46-49,51-52,58,61,65H,15-16,19-29,31-34H2,1-11H3/b14-12?,17-13?,36-18?,37-30+/t35-,38-,39-,40?,41-,42+,43+,44?,46-,47+,48+,49-,51-,52+,56?,75?/m1/s1. The predicted molar refractivity (Wildman–Crippen MR) is 281 cm³/mol. The third kappa shape index (κ3) is 18.7. The van der Waals surface area contributed by atoms with Crippen LogP contribution in [-0.4, -0.2) is 165 Å². The molecule has 3 fully saturated rings. The van der Waals surface area contributed by atoms with Crippen molar-refractivity contribution in [1.29, 1.82) is 0 Å². The van der Waals surface area contributed by atoms with Gasteiger partial charge in [0.2, 0.25) is 5.79 Å². The SMILES string of the molecule is CO[C@H]1C[C@@H]2CC[C@@H](C)C(O)(O2)C(=O)C(=O)N2CCCCC2C(=O)O[C@H]([C@H](C)C[C@@H]2CC[C@@H](OP(C)(=O)OCCOCCO)[C@H](OC)C2)CC(=O)/C(C)=C/C(C)[C@@H](O)[C@@H](OC)C(=O)[C@H](C)C[C@H](C)C=CC=CC=C1C. The first-order valence-corrected chi connectivity index (χ1v) is 29.1. The Labute approximate surface area is 445 Å². The number of esters is 1. The fraction of sp³-hybridized carbons (Fsp3) is 0.768. The third-order valence-corrected chi connectivity index (χ3v) is 16.9. The Kier molecular flexibility index (Phi) is 26.4. The van der Waals surface area contributed by atoms with Crippen LogP contribution in [-0.2, 0) is 66.0 Å². The van der Waals surface area contributed by atoms with Gasteiger partial charge in [-0.2, -0.15) is 0 Å². The van der Waals surface area contributed by atoms with E-state index in [4.69, 9.17) is 42.6 Å². The van der Waals surface area contributed by atoms with Gasteiger partial charge >= 0.3 is 13.6 Å². The number of fused-ring (bicyclic) bond motifs is 3. The topological polar surface area (TPSA) is 240 Å². The van der Waals surface area contributed by atoms with Crippen molar-refractivity contribution in [2.45, 2.75) is 180 Å². The van der Waals surface area contributed by atoms with Crippen LogP contribution in [0.15, 0.2) is 47.6 Å². The van der Waals surface area contributed by atoms with Crippen molar-refractivity contribution in [3.8, 4) is 0 Å². The maximum atomic E-state index is 14.6. The summed E-state index contributed by atoms with van der Waals surface area (Å²) in [5.41, 5.74) is 1.14. The molecule has 426 valence electrons. The van der Waals surface area contributed by atoms with Crippen molar-refractivity contribution in [2.24, 2.45) is 35.5 Å². The highest BCUT2D eigenvalue weighted by Gasteiger charge is 2.53. The number of hydrogen-bond donors (Lipinski definition) is 3. The third-order valence-electron chi connectivity index (χ3n) is 15.6. The number of hydrogen-bond acceptors (Lipinski definition) is 17. The molecule has 1 saturated carbocycles. The van der Waals surface area contributed by atoms with E-state index in [1.165, 1.54) is 18.7 Å². The van der Waals surface area contributed by atoms with E-state index < -0.39 is 103 Å². The monoisotopic (exact) mass is 1080 g/mol. The van der Waals surface area contributed by atoms with Gasteiger partial charge in [0, 0.05) is 65.1 Å². The number of aliphatic hydroxyl groups is 3. The molecule has 4 rings (SSSR count). The first kappa shape index (κ1) is 64.3. The molecular formula is C56H90NO17P. The van der Waals surface area contributed by atoms with Crippen LogP contribution in [0, 0.1) is 35.5 Å². The normalized spacial score (nSPS) is 35.9. The maximum Gasteiger partial charge on any atom is 0.329 e. The summed E-state index contributed by atoms with van der Waals surface area (Å²) in [7, 11) is 0.982. The van der Waals surface area contributed by atoms with Crippen molar-refractivity contribution in [2.75, 3.05) is 61.0 Å². The molecule has 4 aliphatic rings. The number of aliphatic hydroxyl groups excluding tert-OH is 2. The predicted octanol–water partition coefficient (Wildman–Crippen LogP) is 7.05. The Morgan fingerprint density at radius 1 is 0.867 bits per heavy atom. The van der Waals surface area contributed by atoms with Crippen LogP contribution in [0.3, 0.4) is 0 Å². The summed E-state index contributed by atoms with van der Waals surface area (Å²) >= 11 is 0. The summed E-state index contributed by atoms with van der Waals surface area (Å²) in [5, 5.41) is 32.5. The molecule has 3 N–H and O–H groups in total. The number of methoxy groups -OCH3 is 3. The Morgan fingerprint density at radius 3 is 2.28 bits per heavy atom. The van der Waals surface area contributed by atoms with E-state index in [-0.39, 0.29) is 74.8 Å². The molecule has 1 aliphatic carbocycles. The molecule has 0 radical (unpaired) electrons. The van der Waals surface area contributed by atoms with Gasteiger partial charge in [-0.3, -0.25) is 23.7 Å². The van der Waals surface area contributed by atoms with Crippen molar-refractivity contribution in [3.05, 3.63) is 47.6 Å². The van der Waals surface area contributed by atoms with Crippen LogP contribution in [0.1, 0.15) is 126 Å². The van der Waals surface area contributed by atoms with E-state index in [0.29, 0.717) is 64.2 Å². The van der Waals surface area contributed by atoms with E-state index in [1.807, 2.05) is 58.1 Å². The van der Waals surface area contributed by atoms with Crippen molar-refractivity contribution >= 4 is 36.8 Å². The summed E-state index contributed by atoms with van der Waals surface area (Å²) < 4.78 is 59.8. The number of amides is 1. The molecule has 1 amide bonds. The molecule has 18 nitrogen and oxygen atoms in total. The van der Waals surface area contributed by atoms with E-state index in [1.54, 1.807) is 41.1 Å². The average Bonchev–Trinajstić information content (AvgIpc) is 3.37. The number of nitrogens with zero attached hydrogens (tertiary/aromatic N) is 1. The summed E-state index contributed by atoms with van der Waals surface area (Å²) in [6, 6.07) is -1.19. The van der Waals surface area contributed by atoms with E-state index in [2.05, 4.69) is 0 Å². The van der Waals surface area contributed by atoms with Gasteiger partial charge in [0.25, 0.3) is 11.7 Å². The van der Waals surface area contributed by atoms with Gasteiger partial charge in [0.15, 0.2) is 11.6 Å². The minimum absolute atomic E-state index is 0.000367. The molecule has 0 spiro atoms. The van der Waals surface area contributed by atoms with E-state index in [0.717, 1.165) is 5.57 Å². The molecule has 4 unspecified atom stereocenters. The van der Waals surface area contributed by atoms with E-state index >= 15 is 0 Å². The molecule has 75 heavy (non-hydrogen) atoms. The smallest absolute Gasteiger partial charge is 0.329 e. The summed E-state index contributed by atoms with van der Waals surface area (Å²) in [4.78, 5) is 72.6. The van der Waals surface area contributed by atoms with Gasteiger partial charge in [-0.25, -0.2) is 4.79 Å². The number of carbonyl (C=O) groups is 5. The fourth-order valence-corrected chi connectivity index (χ4v) is 12.1. The summed E-state index contributed by atoms with van der Waals surface area (Å²) in [6.45, 7) is 14.1. The Balaban J connectivity index is 1.66. The molecule has 2 saturated heterocycles. The number of ketones is 3. The van der Waals surface area contributed by atoms with Crippen LogP contribution in [0.25, 0.3) is 0 Å². The minimum Gasteiger partial charge on any atom is -0.460 e. The second kappa shape index (κ2) is 30.8. The molecule has 3 heterocycles. The number of rotatable bonds is 14. The van der Waals surface area contributed by atoms with Crippen LogP contribution < -0.4 is 0 Å². The van der Waals surface area contributed by atoms with Crippen molar-refractivity contribution < 1.29 is 81.3 Å². The number of piperidine rings is 1. The quantitative estimate of drug-likeness (QED) is 0.0683. The average molecular weight is 1080 g/mol. The molecule has 0 aromatic rings. The number of allylic oxidation sites excluding steroid dienone is 6. The second-order valence-corrected chi connectivity index (χ2v) is 23.6. The van der Waals surface area contributed by atoms with Gasteiger partial charge in [-0.1, -0.05) is 71.1 Å². The van der Waals surface area contributed by atoms with Crippen LogP contribution >= 0.6 is 7.60 Å². The Morgan fingerprint density at radius 2 is 1.60 bits per heavy atom. The Hall–Kier alpha value is -3.26. The lowest BCUT2D eigenvalue weighted by Gasteiger charge is -2.42. The number of cyclic esters (lactones) is 1. The van der Waals surface area contributed by atoms with Gasteiger partial charge in [-0.05, 0) is 107 Å². The zero-order valence-corrected chi connectivity index (χ0v) is 47.4. The fourth-order valence-electron chi connectivity index (χ4n) is 10.9. The Bertz CT molecular complexity index is 2060. The maximum absolute atomic E-state index is 14.6. The van der Waals surface area contributed by atoms with Gasteiger partial charge in [-0.15, -0.1) is 0 Å². The second-order valence-electron chi connectivity index (χ2n) is 21.6. The lowest BCUT2D eigenvalue weighted by Crippen LogP contribution is -2.61. The summed E-state index contributed by atoms with van der Waals surface area (Å²) in [6.07, 6.45) is 10.3. The zero-order valence-electron chi connectivity index (χ0n) is 46.5. The number of carbonyl (C=O) groups excluding carboxylic acids is 5. The first-order chi connectivity index (χ1) is 35.5. The molecular weight excluding hydrogens is 990 g/mol. The van der Waals surface area contributed by atoms with Crippen molar-refractivity contribution in [1.82, 2.24) is 4.90 Å².